The molecule has 6 aromatic carbocycles. The minimum absolute atomic E-state index is 0.137. The van der Waals surface area contributed by atoms with E-state index in [4.69, 9.17) is 0 Å². The molecule has 0 atom stereocenters. The lowest BCUT2D eigenvalue weighted by Crippen LogP contribution is -2.33. The molecular weight excluding hydrogens is 589 g/mol. The van der Waals surface area contributed by atoms with Gasteiger partial charge in [-0.15, -0.1) is 11.3 Å². The second-order valence-electron chi connectivity index (χ2n) is 14.9. The highest BCUT2D eigenvalue weighted by Gasteiger charge is 2.38. The smallest absolute Gasteiger partial charge is 0.0548 e. The fraction of sp³-hybridized carbons (Fsp3) is 0.182. The van der Waals surface area contributed by atoms with Crippen LogP contribution < -0.4 is 0 Å². The Kier molecular flexibility index (Phi) is 5.43. The van der Waals surface area contributed by atoms with Gasteiger partial charge >= 0.3 is 0 Å². The molecule has 3 heteroatoms. The summed E-state index contributed by atoms with van der Waals surface area (Å²) in [4.78, 5) is 0. The van der Waals surface area contributed by atoms with Gasteiger partial charge in [-0.05, 0) is 102 Å². The van der Waals surface area contributed by atoms with Crippen LogP contribution in [0.25, 0.3) is 75.2 Å². The molecule has 2 nitrogen and oxygen atoms in total. The van der Waals surface area contributed by atoms with Crippen molar-refractivity contribution < 1.29 is 0 Å². The van der Waals surface area contributed by atoms with Crippen molar-refractivity contribution in [3.05, 3.63) is 132 Å². The Balaban J connectivity index is 1.35. The third kappa shape index (κ3) is 3.78. The van der Waals surface area contributed by atoms with Gasteiger partial charge in [0.2, 0.25) is 0 Å². The van der Waals surface area contributed by atoms with Gasteiger partial charge in [0.05, 0.1) is 22.1 Å². The molecule has 0 bridgehead atoms. The SMILES string of the molecule is CC1(C)CCC(C)(C)c2cc3c(cc21)c1cc2c(cc1n3-c1ccccc1)c1ccccc1n2-c1ccc2sc3ccccc3c2c1. The van der Waals surface area contributed by atoms with E-state index in [1.165, 1.54) is 99.1 Å². The minimum Gasteiger partial charge on any atom is -0.309 e. The van der Waals surface area contributed by atoms with E-state index in [1.54, 1.807) is 0 Å². The molecule has 1 aliphatic carbocycles. The fourth-order valence-corrected chi connectivity index (χ4v) is 9.61. The lowest BCUT2D eigenvalue weighted by atomic mass is 9.63. The molecule has 0 unspecified atom stereocenters. The second kappa shape index (κ2) is 9.36. The van der Waals surface area contributed by atoms with Crippen LogP contribution in [-0.2, 0) is 10.8 Å². The molecular formula is C44H36N2S. The van der Waals surface area contributed by atoms with Gasteiger partial charge in [0.15, 0.2) is 0 Å². The maximum Gasteiger partial charge on any atom is 0.0548 e. The normalized spacial score (nSPS) is 15.8. The topological polar surface area (TPSA) is 9.86 Å². The van der Waals surface area contributed by atoms with Crippen molar-refractivity contribution in [2.24, 2.45) is 0 Å². The molecule has 0 saturated heterocycles. The number of benzene rings is 6. The Labute approximate surface area is 278 Å². The number of para-hydroxylation sites is 2. The van der Waals surface area contributed by atoms with Crippen LogP contribution in [-0.4, -0.2) is 9.13 Å². The van der Waals surface area contributed by atoms with Crippen LogP contribution in [0.1, 0.15) is 51.7 Å². The zero-order valence-electron chi connectivity index (χ0n) is 27.3. The quantitative estimate of drug-likeness (QED) is 0.181. The first kappa shape index (κ1) is 27.3. The molecule has 3 aromatic heterocycles. The van der Waals surface area contributed by atoms with Crippen molar-refractivity contribution >= 4 is 75.1 Å². The Morgan fingerprint density at radius 1 is 0.426 bits per heavy atom. The van der Waals surface area contributed by atoms with Gasteiger partial charge in [0.25, 0.3) is 0 Å². The third-order valence-corrected chi connectivity index (χ3v) is 12.3. The first-order valence-corrected chi connectivity index (χ1v) is 17.6. The van der Waals surface area contributed by atoms with E-state index in [2.05, 4.69) is 158 Å². The Morgan fingerprint density at radius 3 is 1.74 bits per heavy atom. The van der Waals surface area contributed by atoms with Crippen LogP contribution in [0.3, 0.4) is 0 Å². The van der Waals surface area contributed by atoms with E-state index in [9.17, 15) is 0 Å². The number of hydrogen-bond acceptors (Lipinski definition) is 1. The van der Waals surface area contributed by atoms with E-state index >= 15 is 0 Å². The summed E-state index contributed by atoms with van der Waals surface area (Å²) >= 11 is 1.88. The number of thiophene rings is 1. The van der Waals surface area contributed by atoms with E-state index in [1.807, 2.05) is 11.3 Å². The van der Waals surface area contributed by atoms with Gasteiger partial charge in [-0.25, -0.2) is 0 Å². The molecule has 0 fully saturated rings. The summed E-state index contributed by atoms with van der Waals surface area (Å²) in [5.74, 6) is 0. The zero-order valence-corrected chi connectivity index (χ0v) is 28.1. The largest absolute Gasteiger partial charge is 0.309 e. The van der Waals surface area contributed by atoms with E-state index in [-0.39, 0.29) is 10.8 Å². The molecule has 10 rings (SSSR count). The second-order valence-corrected chi connectivity index (χ2v) is 16.0. The molecule has 0 N–H and O–H groups in total. The van der Waals surface area contributed by atoms with Gasteiger partial charge in [-0.3, -0.25) is 0 Å². The van der Waals surface area contributed by atoms with E-state index < -0.39 is 0 Å². The van der Waals surface area contributed by atoms with Gasteiger partial charge < -0.3 is 9.13 Å². The van der Waals surface area contributed by atoms with Gasteiger partial charge in [0, 0.05) is 53.1 Å². The maximum absolute atomic E-state index is 2.55. The van der Waals surface area contributed by atoms with Crippen LogP contribution >= 0.6 is 11.3 Å². The summed E-state index contributed by atoms with van der Waals surface area (Å²) < 4.78 is 7.68. The molecule has 9 aromatic rings. The number of nitrogens with zero attached hydrogens (tertiary/aromatic N) is 2. The van der Waals surface area contributed by atoms with Crippen LogP contribution in [0.15, 0.2) is 121 Å². The highest BCUT2D eigenvalue weighted by molar-refractivity contribution is 7.25. The van der Waals surface area contributed by atoms with Gasteiger partial charge in [0.1, 0.15) is 0 Å². The number of hydrogen-bond donors (Lipinski definition) is 0. The standard InChI is InChI=1S/C44H36N2S/c1-43(2)20-21-44(3,4)36-26-40-31(23-35(36)43)33-25-38-32(24-39(33)45(40)27-12-6-5-7-13-27)29-14-8-10-16-37(29)46(38)28-18-19-42-34(22-28)30-15-9-11-17-41(30)47-42/h5-19,22-26H,20-21H2,1-4H3. The fourth-order valence-electron chi connectivity index (χ4n) is 8.52. The van der Waals surface area contributed by atoms with E-state index in [0.717, 1.165) is 0 Å². The lowest BCUT2D eigenvalue weighted by Gasteiger charge is -2.42. The van der Waals surface area contributed by atoms with Crippen molar-refractivity contribution in [1.29, 1.82) is 0 Å². The summed E-state index contributed by atoms with van der Waals surface area (Å²) in [6, 6.07) is 45.7. The average molecular weight is 625 g/mol. The molecule has 0 spiro atoms. The lowest BCUT2D eigenvalue weighted by molar-refractivity contribution is 0.332. The van der Waals surface area contributed by atoms with Crippen LogP contribution in [0.2, 0.25) is 0 Å². The monoisotopic (exact) mass is 624 g/mol. The van der Waals surface area contributed by atoms with E-state index in [0.29, 0.717) is 0 Å². The third-order valence-electron chi connectivity index (χ3n) is 11.2. The first-order chi connectivity index (χ1) is 22.8. The number of rotatable bonds is 2. The summed E-state index contributed by atoms with van der Waals surface area (Å²) in [5.41, 5.74) is 10.7. The summed E-state index contributed by atoms with van der Waals surface area (Å²) in [6.45, 7) is 9.73. The van der Waals surface area contributed by atoms with Crippen molar-refractivity contribution in [2.75, 3.05) is 0 Å². The van der Waals surface area contributed by atoms with Gasteiger partial charge in [-0.2, -0.15) is 0 Å². The number of aromatic nitrogens is 2. The molecule has 0 radical (unpaired) electrons. The number of fused-ring (bicyclic) bond motifs is 10. The van der Waals surface area contributed by atoms with Crippen LogP contribution in [0.4, 0.5) is 0 Å². The zero-order chi connectivity index (χ0) is 31.7. The van der Waals surface area contributed by atoms with Crippen molar-refractivity contribution in [1.82, 2.24) is 9.13 Å². The van der Waals surface area contributed by atoms with Gasteiger partial charge in [-0.1, -0.05) is 82.3 Å². The molecule has 47 heavy (non-hydrogen) atoms. The highest BCUT2D eigenvalue weighted by atomic mass is 32.1. The Bertz CT molecular complexity index is 2730. The molecule has 1 aliphatic rings. The summed E-state index contributed by atoms with van der Waals surface area (Å²) in [5, 5.41) is 7.88. The molecule has 0 aliphatic heterocycles. The van der Waals surface area contributed by atoms with Crippen molar-refractivity contribution in [2.45, 2.75) is 51.4 Å². The van der Waals surface area contributed by atoms with Crippen LogP contribution in [0.5, 0.6) is 0 Å². The minimum atomic E-state index is 0.137. The first-order valence-electron chi connectivity index (χ1n) is 16.8. The van der Waals surface area contributed by atoms with Crippen LogP contribution in [0, 0.1) is 0 Å². The predicted molar refractivity (Wildman–Crippen MR) is 203 cm³/mol. The highest BCUT2D eigenvalue weighted by Crippen LogP contribution is 2.49. The molecule has 0 saturated carbocycles. The summed E-state index contributed by atoms with van der Waals surface area (Å²) in [7, 11) is 0. The van der Waals surface area contributed by atoms with Crippen molar-refractivity contribution in [3.63, 3.8) is 0 Å². The Hall–Kier alpha value is -4.86. The molecule has 3 heterocycles. The van der Waals surface area contributed by atoms with Crippen molar-refractivity contribution in [3.8, 4) is 11.4 Å². The predicted octanol–water partition coefficient (Wildman–Crippen LogP) is 12.6. The Morgan fingerprint density at radius 2 is 0.979 bits per heavy atom. The molecule has 0 amide bonds. The average Bonchev–Trinajstić information content (AvgIpc) is 3.72. The maximum atomic E-state index is 2.55. The molecule has 228 valence electrons. The summed E-state index contributed by atoms with van der Waals surface area (Å²) in [6.07, 6.45) is 2.40.